The first-order valence-corrected chi connectivity index (χ1v) is 6.94. The Morgan fingerprint density at radius 2 is 1.95 bits per heavy atom. The van der Waals surface area contributed by atoms with E-state index in [-0.39, 0.29) is 0 Å². The van der Waals surface area contributed by atoms with Gasteiger partial charge in [-0.05, 0) is 19.1 Å². The zero-order chi connectivity index (χ0) is 15.3. The van der Waals surface area contributed by atoms with E-state index in [1.54, 1.807) is 20.1 Å². The van der Waals surface area contributed by atoms with Crippen molar-refractivity contribution in [3.05, 3.63) is 42.0 Å². The summed E-state index contributed by atoms with van der Waals surface area (Å²) in [7, 11) is 1.62. The zero-order valence-electron chi connectivity index (χ0n) is 12.4. The van der Waals surface area contributed by atoms with Crippen molar-refractivity contribution in [2.24, 2.45) is 0 Å². The first-order valence-electron chi connectivity index (χ1n) is 6.94. The summed E-state index contributed by atoms with van der Waals surface area (Å²) in [4.78, 5) is 0. The molecule has 21 heavy (non-hydrogen) atoms. The number of aliphatic hydroxyl groups is 1. The number of nitriles is 1. The highest BCUT2D eigenvalue weighted by atomic mass is 16.5. The molecule has 0 amide bonds. The molecule has 4 nitrogen and oxygen atoms in total. The molecule has 0 heterocycles. The summed E-state index contributed by atoms with van der Waals surface area (Å²) < 4.78 is 5.01. The lowest BCUT2D eigenvalue weighted by molar-refractivity contribution is 0.0358. The van der Waals surface area contributed by atoms with Crippen molar-refractivity contribution in [2.75, 3.05) is 25.6 Å². The summed E-state index contributed by atoms with van der Waals surface area (Å²) in [5.74, 6) is 0. The second-order valence-corrected chi connectivity index (χ2v) is 5.41. The number of benzene rings is 2. The molecule has 110 valence electrons. The molecule has 0 aliphatic heterocycles. The summed E-state index contributed by atoms with van der Waals surface area (Å²) in [5.41, 5.74) is 0.731. The maximum absolute atomic E-state index is 10.3. The van der Waals surface area contributed by atoms with Gasteiger partial charge < -0.3 is 15.2 Å². The standard InChI is InChI=1S/C17H20N2O2/c1-17(20,9-10-21-2)12-19-16-8-7-13(11-18)14-5-3-4-6-15(14)16/h3-8,19-20H,9-10,12H2,1-2H3. The van der Waals surface area contributed by atoms with Gasteiger partial charge in [-0.15, -0.1) is 0 Å². The fourth-order valence-electron chi connectivity index (χ4n) is 2.25. The lowest BCUT2D eigenvalue weighted by atomic mass is 10.0. The summed E-state index contributed by atoms with van der Waals surface area (Å²) in [5, 5.41) is 24.6. The maximum Gasteiger partial charge on any atom is 0.0998 e. The van der Waals surface area contributed by atoms with Crippen LogP contribution in [0.25, 0.3) is 10.8 Å². The summed E-state index contributed by atoms with van der Waals surface area (Å²) in [6.07, 6.45) is 0.560. The van der Waals surface area contributed by atoms with Crippen LogP contribution < -0.4 is 5.32 Å². The first kappa shape index (κ1) is 15.3. The minimum atomic E-state index is -0.842. The third-order valence-corrected chi connectivity index (χ3v) is 3.55. The molecule has 0 aliphatic carbocycles. The fraction of sp³-hybridized carbons (Fsp3) is 0.353. The highest BCUT2D eigenvalue weighted by molar-refractivity contribution is 5.97. The normalized spacial score (nSPS) is 13.6. The van der Waals surface area contributed by atoms with E-state index in [2.05, 4.69) is 11.4 Å². The van der Waals surface area contributed by atoms with E-state index < -0.39 is 5.60 Å². The van der Waals surface area contributed by atoms with Crippen LogP contribution in [0, 0.1) is 11.3 Å². The molecule has 2 rings (SSSR count). The van der Waals surface area contributed by atoms with E-state index in [9.17, 15) is 5.11 Å². The van der Waals surface area contributed by atoms with Gasteiger partial charge in [0.2, 0.25) is 0 Å². The maximum atomic E-state index is 10.3. The van der Waals surface area contributed by atoms with Crippen molar-refractivity contribution in [2.45, 2.75) is 18.9 Å². The third-order valence-electron chi connectivity index (χ3n) is 3.55. The fourth-order valence-corrected chi connectivity index (χ4v) is 2.25. The smallest absolute Gasteiger partial charge is 0.0998 e. The molecule has 0 fully saturated rings. The number of anilines is 1. The van der Waals surface area contributed by atoms with Gasteiger partial charge in [-0.3, -0.25) is 0 Å². The van der Waals surface area contributed by atoms with Crippen molar-refractivity contribution in [1.82, 2.24) is 0 Å². The Labute approximate surface area is 125 Å². The van der Waals surface area contributed by atoms with Crippen LogP contribution in [0.5, 0.6) is 0 Å². The van der Waals surface area contributed by atoms with Crippen LogP contribution in [-0.2, 0) is 4.74 Å². The van der Waals surface area contributed by atoms with Crippen molar-refractivity contribution in [1.29, 1.82) is 5.26 Å². The highest BCUT2D eigenvalue weighted by Crippen LogP contribution is 2.27. The van der Waals surface area contributed by atoms with E-state index in [1.807, 2.05) is 30.3 Å². The second kappa shape index (κ2) is 6.57. The minimum Gasteiger partial charge on any atom is -0.388 e. The molecule has 0 saturated heterocycles. The quantitative estimate of drug-likeness (QED) is 0.856. The Morgan fingerprint density at radius 3 is 2.62 bits per heavy atom. The molecule has 0 aliphatic rings. The third kappa shape index (κ3) is 3.72. The van der Waals surface area contributed by atoms with Gasteiger partial charge in [0.15, 0.2) is 0 Å². The number of fused-ring (bicyclic) bond motifs is 1. The lowest BCUT2D eigenvalue weighted by Crippen LogP contribution is -2.34. The van der Waals surface area contributed by atoms with E-state index in [0.29, 0.717) is 25.1 Å². The summed E-state index contributed by atoms with van der Waals surface area (Å²) in [6.45, 7) is 2.72. The lowest BCUT2D eigenvalue weighted by Gasteiger charge is -2.24. The van der Waals surface area contributed by atoms with Gasteiger partial charge in [0.25, 0.3) is 0 Å². The number of rotatable bonds is 6. The van der Waals surface area contributed by atoms with Crippen molar-refractivity contribution < 1.29 is 9.84 Å². The summed E-state index contributed by atoms with van der Waals surface area (Å²) >= 11 is 0. The largest absolute Gasteiger partial charge is 0.388 e. The van der Waals surface area contributed by atoms with E-state index in [1.165, 1.54) is 0 Å². The molecular weight excluding hydrogens is 264 g/mol. The highest BCUT2D eigenvalue weighted by Gasteiger charge is 2.20. The van der Waals surface area contributed by atoms with Crippen molar-refractivity contribution >= 4 is 16.5 Å². The molecule has 1 atom stereocenters. The van der Waals surface area contributed by atoms with Crippen molar-refractivity contribution in [3.8, 4) is 6.07 Å². The van der Waals surface area contributed by atoms with Crippen LogP contribution >= 0.6 is 0 Å². The first-order chi connectivity index (χ1) is 10.1. The van der Waals surface area contributed by atoms with Crippen molar-refractivity contribution in [3.63, 3.8) is 0 Å². The Hall–Kier alpha value is -2.09. The SMILES string of the molecule is COCCC(C)(O)CNc1ccc(C#N)c2ccccc12. The number of ether oxygens (including phenoxy) is 1. The van der Waals surface area contributed by atoms with Crippen LogP contribution in [-0.4, -0.2) is 31.0 Å². The minimum absolute atomic E-state index is 0.423. The second-order valence-electron chi connectivity index (χ2n) is 5.41. The molecule has 1 unspecified atom stereocenters. The predicted octanol–water partition coefficient (Wildman–Crippen LogP) is 2.91. The Bertz CT molecular complexity index is 659. The average molecular weight is 284 g/mol. The van der Waals surface area contributed by atoms with Crippen LogP contribution in [0.2, 0.25) is 0 Å². The van der Waals surface area contributed by atoms with Gasteiger partial charge in [0, 0.05) is 43.1 Å². The molecule has 0 radical (unpaired) electrons. The number of hydrogen-bond donors (Lipinski definition) is 2. The Morgan fingerprint density at radius 1 is 1.24 bits per heavy atom. The van der Waals surface area contributed by atoms with Gasteiger partial charge in [-0.25, -0.2) is 0 Å². The van der Waals surface area contributed by atoms with Crippen LogP contribution in [0.15, 0.2) is 36.4 Å². The number of methoxy groups -OCH3 is 1. The van der Waals surface area contributed by atoms with E-state index >= 15 is 0 Å². The van der Waals surface area contributed by atoms with E-state index in [0.717, 1.165) is 16.5 Å². The predicted molar refractivity (Wildman–Crippen MR) is 84.3 cm³/mol. The summed E-state index contributed by atoms with van der Waals surface area (Å²) in [6, 6.07) is 13.7. The van der Waals surface area contributed by atoms with E-state index in [4.69, 9.17) is 10.00 Å². The Balaban J connectivity index is 2.22. The van der Waals surface area contributed by atoms with Gasteiger partial charge in [0.1, 0.15) is 0 Å². The van der Waals surface area contributed by atoms with Crippen LogP contribution in [0.4, 0.5) is 5.69 Å². The number of nitrogens with one attached hydrogen (secondary N) is 1. The monoisotopic (exact) mass is 284 g/mol. The molecular formula is C17H20N2O2. The zero-order valence-corrected chi connectivity index (χ0v) is 12.4. The molecule has 4 heteroatoms. The van der Waals surface area contributed by atoms with Gasteiger partial charge >= 0.3 is 0 Å². The molecule has 0 spiro atoms. The topological polar surface area (TPSA) is 65.3 Å². The average Bonchev–Trinajstić information content (AvgIpc) is 2.50. The van der Waals surface area contributed by atoms with Gasteiger partial charge in [-0.1, -0.05) is 24.3 Å². The molecule has 0 saturated carbocycles. The molecule has 0 bridgehead atoms. The Kier molecular flexibility index (Phi) is 4.79. The molecule has 2 aromatic carbocycles. The molecule has 0 aromatic heterocycles. The van der Waals surface area contributed by atoms with Crippen LogP contribution in [0.1, 0.15) is 18.9 Å². The van der Waals surface area contributed by atoms with Gasteiger partial charge in [-0.2, -0.15) is 5.26 Å². The van der Waals surface area contributed by atoms with Gasteiger partial charge in [0.05, 0.1) is 17.2 Å². The van der Waals surface area contributed by atoms with Crippen LogP contribution in [0.3, 0.4) is 0 Å². The molecule has 2 aromatic rings. The molecule has 2 N–H and O–H groups in total. The number of hydrogen-bond acceptors (Lipinski definition) is 4. The number of nitrogens with zero attached hydrogens (tertiary/aromatic N) is 1.